The number of aromatic hydroxyl groups is 1. The van der Waals surface area contributed by atoms with E-state index in [1.807, 2.05) is 6.07 Å². The first-order valence-corrected chi connectivity index (χ1v) is 8.66. The molecule has 0 radical (unpaired) electrons. The van der Waals surface area contributed by atoms with Gasteiger partial charge in [0.1, 0.15) is 11.3 Å². The van der Waals surface area contributed by atoms with Crippen LogP contribution in [0.2, 0.25) is 0 Å². The monoisotopic (exact) mass is 331 g/mol. The van der Waals surface area contributed by atoms with E-state index < -0.39 is 5.63 Å². The molecule has 1 heterocycles. The Kier molecular flexibility index (Phi) is 3.07. The van der Waals surface area contributed by atoms with Gasteiger partial charge in [-0.3, -0.25) is 0 Å². The van der Waals surface area contributed by atoms with E-state index in [1.54, 1.807) is 24.3 Å². The van der Waals surface area contributed by atoms with Crippen molar-refractivity contribution < 1.29 is 9.52 Å². The Morgan fingerprint density at radius 2 is 2.04 bits per heavy atom. The second-order valence-electron chi connectivity index (χ2n) is 6.80. The minimum Gasteiger partial charge on any atom is -0.508 e. The van der Waals surface area contributed by atoms with Crippen LogP contribution in [0.4, 0.5) is 0 Å². The molecule has 0 saturated heterocycles. The standard InChI is InChI=1S/C21H17NO3/c23-15-9-7-13(8-10-15)19-21(24)25-17-11-14-5-1-3-12-4-2-6-16(18(12)14)20(17)22-19/h2,4,7-12,23H,1,3,5-6H2/t12-/m1/s1. The van der Waals surface area contributed by atoms with Crippen molar-refractivity contribution in [2.75, 3.05) is 0 Å². The molecule has 25 heavy (non-hydrogen) atoms. The number of nitrogens with zero attached hydrogens (tertiary/aromatic N) is 1. The summed E-state index contributed by atoms with van der Waals surface area (Å²) in [6, 6.07) is 8.49. The molecule has 0 aliphatic heterocycles. The number of hydrogen-bond acceptors (Lipinski definition) is 4. The smallest absolute Gasteiger partial charge is 0.363 e. The molecular weight excluding hydrogens is 314 g/mol. The Hall–Kier alpha value is -2.88. The number of rotatable bonds is 1. The molecule has 0 fully saturated rings. The molecule has 1 atom stereocenters. The van der Waals surface area contributed by atoms with Crippen molar-refractivity contribution >= 4 is 11.1 Å². The Labute approximate surface area is 144 Å². The number of benzene rings is 2. The zero-order chi connectivity index (χ0) is 17.0. The van der Waals surface area contributed by atoms with Crippen LogP contribution in [0, 0.1) is 0 Å². The highest BCUT2D eigenvalue weighted by atomic mass is 16.4. The van der Waals surface area contributed by atoms with Crippen molar-refractivity contribution in [3.8, 4) is 17.0 Å². The summed E-state index contributed by atoms with van der Waals surface area (Å²) in [5.41, 5.74) is 5.76. The fourth-order valence-corrected chi connectivity index (χ4v) is 4.16. The molecule has 4 nitrogen and oxygen atoms in total. The van der Waals surface area contributed by atoms with Crippen LogP contribution in [-0.4, -0.2) is 10.1 Å². The van der Waals surface area contributed by atoms with Gasteiger partial charge in [0.05, 0.1) is 0 Å². The lowest BCUT2D eigenvalue weighted by molar-refractivity contribution is 0.475. The van der Waals surface area contributed by atoms with Crippen LogP contribution in [0.15, 0.2) is 51.7 Å². The summed E-state index contributed by atoms with van der Waals surface area (Å²) in [4.78, 5) is 17.2. The van der Waals surface area contributed by atoms with E-state index in [0.29, 0.717) is 22.8 Å². The first kappa shape index (κ1) is 14.5. The van der Waals surface area contributed by atoms with Crippen molar-refractivity contribution in [1.82, 2.24) is 4.98 Å². The second kappa shape index (κ2) is 5.31. The third-order valence-corrected chi connectivity index (χ3v) is 5.28. The van der Waals surface area contributed by atoms with Gasteiger partial charge in [-0.2, -0.15) is 0 Å². The van der Waals surface area contributed by atoms with Gasteiger partial charge < -0.3 is 9.52 Å². The molecule has 1 N–H and O–H groups in total. The van der Waals surface area contributed by atoms with Crippen LogP contribution >= 0.6 is 0 Å². The molecular formula is C21H17NO3. The van der Waals surface area contributed by atoms with Crippen molar-refractivity contribution in [1.29, 1.82) is 0 Å². The Morgan fingerprint density at radius 1 is 1.20 bits per heavy atom. The van der Waals surface area contributed by atoms with Crippen LogP contribution < -0.4 is 5.63 Å². The number of aromatic nitrogens is 1. The van der Waals surface area contributed by atoms with Crippen LogP contribution in [0.1, 0.15) is 35.4 Å². The quantitative estimate of drug-likeness (QED) is 0.682. The molecule has 3 aromatic rings. The van der Waals surface area contributed by atoms with Gasteiger partial charge in [0.15, 0.2) is 11.3 Å². The molecule has 0 unspecified atom stereocenters. The molecule has 2 aromatic carbocycles. The van der Waals surface area contributed by atoms with Crippen molar-refractivity contribution in [2.24, 2.45) is 0 Å². The largest absolute Gasteiger partial charge is 0.508 e. The van der Waals surface area contributed by atoms with Crippen molar-refractivity contribution in [3.05, 3.63) is 69.6 Å². The lowest BCUT2D eigenvalue weighted by atomic mass is 9.76. The van der Waals surface area contributed by atoms with E-state index in [9.17, 15) is 9.90 Å². The van der Waals surface area contributed by atoms with Gasteiger partial charge in [-0.1, -0.05) is 12.2 Å². The highest BCUT2D eigenvalue weighted by Crippen LogP contribution is 2.41. The van der Waals surface area contributed by atoms with Crippen LogP contribution in [0.25, 0.3) is 22.4 Å². The Balaban J connectivity index is 1.80. The summed E-state index contributed by atoms with van der Waals surface area (Å²) < 4.78 is 5.64. The van der Waals surface area contributed by atoms with Gasteiger partial charge in [-0.05, 0) is 72.7 Å². The molecule has 0 amide bonds. The normalized spacial score (nSPS) is 18.3. The number of phenols is 1. The topological polar surface area (TPSA) is 63.3 Å². The third kappa shape index (κ3) is 2.21. The fourth-order valence-electron chi connectivity index (χ4n) is 4.16. The zero-order valence-corrected chi connectivity index (χ0v) is 13.7. The van der Waals surface area contributed by atoms with Gasteiger partial charge >= 0.3 is 5.63 Å². The van der Waals surface area contributed by atoms with E-state index in [4.69, 9.17) is 9.40 Å². The van der Waals surface area contributed by atoms with Crippen LogP contribution in [0.3, 0.4) is 0 Å². The van der Waals surface area contributed by atoms with Crippen molar-refractivity contribution in [3.63, 3.8) is 0 Å². The first-order valence-electron chi connectivity index (χ1n) is 8.66. The summed E-state index contributed by atoms with van der Waals surface area (Å²) in [5.74, 6) is 0.619. The summed E-state index contributed by atoms with van der Waals surface area (Å²) in [6.45, 7) is 0. The summed E-state index contributed by atoms with van der Waals surface area (Å²) in [7, 11) is 0. The first-order chi connectivity index (χ1) is 12.2. The Bertz CT molecular complexity index is 1080. The van der Waals surface area contributed by atoms with Gasteiger partial charge in [0.2, 0.25) is 0 Å². The number of allylic oxidation sites excluding steroid dienone is 2. The van der Waals surface area contributed by atoms with Gasteiger partial charge in [-0.25, -0.2) is 9.78 Å². The lowest BCUT2D eigenvalue weighted by Gasteiger charge is -2.29. The average Bonchev–Trinajstić information content (AvgIpc) is 2.63. The maximum absolute atomic E-state index is 12.5. The summed E-state index contributed by atoms with van der Waals surface area (Å²) in [5, 5.41) is 9.47. The van der Waals surface area contributed by atoms with Gasteiger partial charge in [-0.15, -0.1) is 0 Å². The van der Waals surface area contributed by atoms with E-state index >= 15 is 0 Å². The molecule has 124 valence electrons. The highest BCUT2D eigenvalue weighted by molar-refractivity contribution is 5.82. The van der Waals surface area contributed by atoms with Gasteiger partial charge in [0, 0.05) is 11.5 Å². The number of phenolic OH excluding ortho intramolecular Hbond substituents is 1. The molecule has 5 rings (SSSR count). The second-order valence-corrected chi connectivity index (χ2v) is 6.80. The molecule has 1 aromatic heterocycles. The minimum absolute atomic E-state index is 0.158. The molecule has 0 spiro atoms. The molecule has 2 aliphatic carbocycles. The van der Waals surface area contributed by atoms with Crippen molar-refractivity contribution in [2.45, 2.75) is 31.6 Å². The van der Waals surface area contributed by atoms with Crippen LogP contribution in [-0.2, 0) is 12.8 Å². The molecule has 2 aliphatic rings. The maximum atomic E-state index is 12.5. The molecule has 0 saturated carbocycles. The average molecular weight is 331 g/mol. The van der Waals surface area contributed by atoms with E-state index in [-0.39, 0.29) is 5.75 Å². The molecule has 4 heteroatoms. The lowest BCUT2D eigenvalue weighted by Crippen LogP contribution is -2.16. The summed E-state index contributed by atoms with van der Waals surface area (Å²) in [6.07, 6.45) is 8.70. The predicted molar refractivity (Wildman–Crippen MR) is 95.9 cm³/mol. The number of fused-ring (bicyclic) bond motifs is 2. The van der Waals surface area contributed by atoms with Crippen LogP contribution in [0.5, 0.6) is 5.75 Å². The minimum atomic E-state index is -0.441. The number of aryl methyl sites for hydroxylation is 1. The summed E-state index contributed by atoms with van der Waals surface area (Å²) >= 11 is 0. The SMILES string of the molecule is O=c1oc2cc3c4c(c2nc1-c1ccc(O)cc1)CC=C[C@H]4CCC3. The van der Waals surface area contributed by atoms with E-state index in [2.05, 4.69) is 12.2 Å². The number of hydrogen-bond donors (Lipinski definition) is 1. The zero-order valence-electron chi connectivity index (χ0n) is 13.7. The fraction of sp³-hybridized carbons (Fsp3) is 0.238. The molecule has 0 bridgehead atoms. The van der Waals surface area contributed by atoms with E-state index in [1.165, 1.54) is 23.1 Å². The predicted octanol–water partition coefficient (Wildman–Crippen LogP) is 4.09. The Morgan fingerprint density at radius 3 is 2.88 bits per heavy atom. The van der Waals surface area contributed by atoms with Gasteiger partial charge in [0.25, 0.3) is 0 Å². The van der Waals surface area contributed by atoms with E-state index in [0.717, 1.165) is 24.8 Å². The third-order valence-electron chi connectivity index (χ3n) is 5.28. The highest BCUT2D eigenvalue weighted by Gasteiger charge is 2.27. The maximum Gasteiger partial charge on any atom is 0.363 e.